The van der Waals surface area contributed by atoms with Crippen LogP contribution in [0.4, 0.5) is 5.69 Å². The lowest BCUT2D eigenvalue weighted by molar-refractivity contribution is -0.117. The van der Waals surface area contributed by atoms with Gasteiger partial charge in [0.2, 0.25) is 5.91 Å². The number of halogens is 1. The summed E-state index contributed by atoms with van der Waals surface area (Å²) in [4.78, 5) is 11.6. The largest absolute Gasteiger partial charge is 0.381 e. The Morgan fingerprint density at radius 1 is 1.44 bits per heavy atom. The van der Waals surface area contributed by atoms with Crippen molar-refractivity contribution in [3.05, 3.63) is 28.2 Å². The van der Waals surface area contributed by atoms with Crippen LogP contribution in [0.15, 0.2) is 22.7 Å². The van der Waals surface area contributed by atoms with Gasteiger partial charge in [-0.2, -0.15) is 0 Å². The molecule has 0 saturated carbocycles. The van der Waals surface area contributed by atoms with Crippen molar-refractivity contribution in [2.45, 2.75) is 27.2 Å². The monoisotopic (exact) mass is 313 g/mol. The fraction of sp³-hybridized carbons (Fsp3) is 0.500. The van der Waals surface area contributed by atoms with E-state index in [2.05, 4.69) is 35.1 Å². The molecule has 1 rings (SSSR count). The minimum atomic E-state index is -0.0190. The van der Waals surface area contributed by atoms with Crippen molar-refractivity contribution < 1.29 is 9.53 Å². The van der Waals surface area contributed by atoms with E-state index in [1.54, 1.807) is 0 Å². The molecule has 0 saturated heterocycles. The lowest BCUT2D eigenvalue weighted by atomic mass is 10.2. The Hall–Kier alpha value is -0.870. The summed E-state index contributed by atoms with van der Waals surface area (Å²) in [6.45, 7) is 7.35. The second-order valence-corrected chi connectivity index (χ2v) is 5.59. The molecule has 0 atom stereocenters. The molecule has 0 aliphatic rings. The maximum Gasteiger partial charge on any atom is 0.226 e. The number of nitrogens with one attached hydrogen (secondary N) is 1. The smallest absolute Gasteiger partial charge is 0.226 e. The Kier molecular flexibility index (Phi) is 6.36. The maximum absolute atomic E-state index is 11.6. The minimum Gasteiger partial charge on any atom is -0.381 e. The van der Waals surface area contributed by atoms with Gasteiger partial charge in [0.25, 0.3) is 0 Å². The second kappa shape index (κ2) is 7.54. The predicted octanol–water partition coefficient (Wildman–Crippen LogP) is 3.76. The third-order valence-electron chi connectivity index (χ3n) is 2.38. The summed E-state index contributed by atoms with van der Waals surface area (Å²) >= 11 is 3.44. The van der Waals surface area contributed by atoms with Crippen LogP contribution in [-0.2, 0) is 9.53 Å². The lowest BCUT2D eigenvalue weighted by Crippen LogP contribution is -2.15. The molecule has 4 heteroatoms. The molecule has 0 heterocycles. The van der Waals surface area contributed by atoms with Crippen LogP contribution < -0.4 is 5.32 Å². The molecule has 0 bridgehead atoms. The molecule has 0 unspecified atom stereocenters. The highest BCUT2D eigenvalue weighted by Crippen LogP contribution is 2.20. The van der Waals surface area contributed by atoms with Crippen molar-refractivity contribution in [2.24, 2.45) is 5.92 Å². The Labute approximate surface area is 117 Å². The summed E-state index contributed by atoms with van der Waals surface area (Å²) in [6.07, 6.45) is 0.387. The SMILES string of the molecule is Cc1ccc(NC(=O)CCOCC(C)C)cc1Br. The molecule has 0 spiro atoms. The first-order valence-electron chi connectivity index (χ1n) is 6.12. The Balaban J connectivity index is 2.33. The van der Waals surface area contributed by atoms with E-state index in [1.165, 1.54) is 0 Å². The van der Waals surface area contributed by atoms with Gasteiger partial charge in [0.1, 0.15) is 0 Å². The first kappa shape index (κ1) is 15.2. The van der Waals surface area contributed by atoms with Gasteiger partial charge >= 0.3 is 0 Å². The topological polar surface area (TPSA) is 38.3 Å². The van der Waals surface area contributed by atoms with Gasteiger partial charge < -0.3 is 10.1 Å². The fourth-order valence-electron chi connectivity index (χ4n) is 1.38. The van der Waals surface area contributed by atoms with Gasteiger partial charge in [-0.25, -0.2) is 0 Å². The van der Waals surface area contributed by atoms with Gasteiger partial charge in [-0.05, 0) is 30.5 Å². The third kappa shape index (κ3) is 5.65. The zero-order valence-corrected chi connectivity index (χ0v) is 12.7. The summed E-state index contributed by atoms with van der Waals surface area (Å²) in [5.41, 5.74) is 1.95. The highest BCUT2D eigenvalue weighted by atomic mass is 79.9. The Morgan fingerprint density at radius 2 is 2.17 bits per heavy atom. The molecule has 0 fully saturated rings. The van der Waals surface area contributed by atoms with Crippen molar-refractivity contribution >= 4 is 27.5 Å². The summed E-state index contributed by atoms with van der Waals surface area (Å²) < 4.78 is 6.37. The van der Waals surface area contributed by atoms with Crippen LogP contribution in [0.1, 0.15) is 25.8 Å². The van der Waals surface area contributed by atoms with Crippen molar-refractivity contribution in [3.8, 4) is 0 Å². The number of hydrogen-bond donors (Lipinski definition) is 1. The van der Waals surface area contributed by atoms with Crippen LogP contribution in [0.3, 0.4) is 0 Å². The van der Waals surface area contributed by atoms with E-state index in [1.807, 2.05) is 25.1 Å². The molecule has 1 aromatic rings. The predicted molar refractivity (Wildman–Crippen MR) is 77.8 cm³/mol. The van der Waals surface area contributed by atoms with E-state index in [4.69, 9.17) is 4.74 Å². The van der Waals surface area contributed by atoms with Crippen molar-refractivity contribution in [2.75, 3.05) is 18.5 Å². The second-order valence-electron chi connectivity index (χ2n) is 4.73. The number of rotatable bonds is 6. The molecule has 100 valence electrons. The number of benzene rings is 1. The van der Waals surface area contributed by atoms with Gasteiger partial charge in [0.05, 0.1) is 13.0 Å². The summed E-state index contributed by atoms with van der Waals surface area (Å²) in [5, 5.41) is 2.85. The van der Waals surface area contributed by atoms with Gasteiger partial charge in [-0.1, -0.05) is 35.8 Å². The Bertz CT molecular complexity index is 405. The molecule has 1 N–H and O–H groups in total. The molecular weight excluding hydrogens is 294 g/mol. The van der Waals surface area contributed by atoms with Crippen LogP contribution >= 0.6 is 15.9 Å². The number of ether oxygens (including phenoxy) is 1. The van der Waals surface area contributed by atoms with Crippen molar-refractivity contribution in [1.29, 1.82) is 0 Å². The van der Waals surface area contributed by atoms with E-state index >= 15 is 0 Å². The van der Waals surface area contributed by atoms with Crippen molar-refractivity contribution in [3.63, 3.8) is 0 Å². The number of carbonyl (C=O) groups is 1. The molecule has 3 nitrogen and oxygen atoms in total. The molecule has 1 amide bonds. The van der Waals surface area contributed by atoms with Crippen LogP contribution in [0.2, 0.25) is 0 Å². The average Bonchev–Trinajstić information content (AvgIpc) is 2.29. The number of aryl methyl sites for hydroxylation is 1. The van der Waals surface area contributed by atoms with E-state index in [9.17, 15) is 4.79 Å². The molecule has 1 aromatic carbocycles. The number of anilines is 1. The highest BCUT2D eigenvalue weighted by Gasteiger charge is 2.04. The number of carbonyl (C=O) groups excluding carboxylic acids is 1. The maximum atomic E-state index is 11.6. The first-order valence-corrected chi connectivity index (χ1v) is 6.92. The van der Waals surface area contributed by atoms with Crippen LogP contribution in [-0.4, -0.2) is 19.1 Å². The third-order valence-corrected chi connectivity index (χ3v) is 3.23. The van der Waals surface area contributed by atoms with Gasteiger partial charge in [0, 0.05) is 16.8 Å². The molecule has 0 radical (unpaired) electrons. The zero-order chi connectivity index (χ0) is 13.5. The van der Waals surface area contributed by atoms with Crippen LogP contribution in [0.25, 0.3) is 0 Å². The lowest BCUT2D eigenvalue weighted by Gasteiger charge is -2.08. The van der Waals surface area contributed by atoms with Gasteiger partial charge in [-0.15, -0.1) is 0 Å². The summed E-state index contributed by atoms with van der Waals surface area (Å²) in [5.74, 6) is 0.482. The normalized spacial score (nSPS) is 10.7. The molecule has 18 heavy (non-hydrogen) atoms. The summed E-state index contributed by atoms with van der Waals surface area (Å²) in [6, 6.07) is 5.77. The average molecular weight is 314 g/mol. The molecule has 0 aliphatic carbocycles. The van der Waals surface area contributed by atoms with E-state index in [-0.39, 0.29) is 5.91 Å². The molecular formula is C14H20BrNO2. The van der Waals surface area contributed by atoms with E-state index < -0.39 is 0 Å². The van der Waals surface area contributed by atoms with Gasteiger partial charge in [-0.3, -0.25) is 4.79 Å². The number of hydrogen-bond acceptors (Lipinski definition) is 2. The summed E-state index contributed by atoms with van der Waals surface area (Å²) in [7, 11) is 0. The van der Waals surface area contributed by atoms with Gasteiger partial charge in [0.15, 0.2) is 0 Å². The standard InChI is InChI=1S/C14H20BrNO2/c1-10(2)9-18-7-6-14(17)16-12-5-4-11(3)13(15)8-12/h4-5,8,10H,6-7,9H2,1-3H3,(H,16,17). The quantitative estimate of drug-likeness (QED) is 0.812. The minimum absolute atomic E-state index is 0.0190. The fourth-order valence-corrected chi connectivity index (χ4v) is 1.76. The van der Waals surface area contributed by atoms with Crippen LogP contribution in [0, 0.1) is 12.8 Å². The van der Waals surface area contributed by atoms with Crippen molar-refractivity contribution in [1.82, 2.24) is 0 Å². The van der Waals surface area contributed by atoms with Crippen LogP contribution in [0.5, 0.6) is 0 Å². The zero-order valence-electron chi connectivity index (χ0n) is 11.1. The first-order chi connectivity index (χ1) is 8.49. The number of amides is 1. The van der Waals surface area contributed by atoms with E-state index in [0.29, 0.717) is 25.6 Å². The molecule has 0 aliphatic heterocycles. The highest BCUT2D eigenvalue weighted by molar-refractivity contribution is 9.10. The van der Waals surface area contributed by atoms with E-state index in [0.717, 1.165) is 15.7 Å². The molecule has 0 aromatic heterocycles. The Morgan fingerprint density at radius 3 is 2.78 bits per heavy atom.